The molecule has 0 aromatic heterocycles. The van der Waals surface area contributed by atoms with E-state index < -0.39 is 10.0 Å². The molecule has 0 aromatic carbocycles. The number of nitrogens with zero attached hydrogens (tertiary/aromatic N) is 2. The number of unbranched alkanes of at least 4 members (excludes halogenated alkanes) is 1. The fraction of sp³-hybridized carbons (Fsp3) is 1.00. The number of likely N-dealkylation sites (N-methyl/N-ethyl adjacent to an activating group) is 1. The van der Waals surface area contributed by atoms with Crippen LogP contribution in [0.5, 0.6) is 0 Å². The highest BCUT2D eigenvalue weighted by Crippen LogP contribution is 2.12. The van der Waals surface area contributed by atoms with E-state index in [1.165, 1.54) is 0 Å². The summed E-state index contributed by atoms with van der Waals surface area (Å²) in [6.45, 7) is 4.67. The van der Waals surface area contributed by atoms with Crippen molar-refractivity contribution >= 4 is 10.0 Å². The summed E-state index contributed by atoms with van der Waals surface area (Å²) >= 11 is 0. The predicted octanol–water partition coefficient (Wildman–Crippen LogP) is -0.309. The predicted molar refractivity (Wildman–Crippen MR) is 65.7 cm³/mol. The van der Waals surface area contributed by atoms with Crippen LogP contribution in [0.4, 0.5) is 0 Å². The largest absolute Gasteiger partial charge is 0.330 e. The standard InChI is InChI=1S/C10H23N3O2S/c1-10-9-13(7-6-12(10)2)16(14,15)8-4-3-5-11/h10H,3-9,11H2,1-2H3. The molecule has 0 aliphatic carbocycles. The van der Waals surface area contributed by atoms with E-state index in [1.807, 2.05) is 7.05 Å². The summed E-state index contributed by atoms with van der Waals surface area (Å²) < 4.78 is 25.6. The van der Waals surface area contributed by atoms with Crippen molar-refractivity contribution in [1.29, 1.82) is 0 Å². The van der Waals surface area contributed by atoms with Gasteiger partial charge in [0.25, 0.3) is 0 Å². The van der Waals surface area contributed by atoms with E-state index in [0.717, 1.165) is 13.0 Å². The van der Waals surface area contributed by atoms with Gasteiger partial charge in [-0.3, -0.25) is 0 Å². The summed E-state index contributed by atoms with van der Waals surface area (Å²) in [5, 5.41) is 0. The minimum atomic E-state index is -3.06. The zero-order chi connectivity index (χ0) is 12.2. The molecular weight excluding hydrogens is 226 g/mol. The third-order valence-electron chi connectivity index (χ3n) is 3.17. The second-order valence-electron chi connectivity index (χ2n) is 4.50. The number of rotatable bonds is 5. The summed E-state index contributed by atoms with van der Waals surface area (Å²) in [6.07, 6.45) is 1.45. The highest BCUT2D eigenvalue weighted by Gasteiger charge is 2.28. The molecule has 1 aliphatic rings. The topological polar surface area (TPSA) is 66.6 Å². The van der Waals surface area contributed by atoms with Crippen LogP contribution in [0.25, 0.3) is 0 Å². The highest BCUT2D eigenvalue weighted by atomic mass is 32.2. The van der Waals surface area contributed by atoms with Crippen LogP contribution in [0.3, 0.4) is 0 Å². The molecule has 1 heterocycles. The van der Waals surface area contributed by atoms with Crippen LogP contribution in [0.15, 0.2) is 0 Å². The van der Waals surface area contributed by atoms with Crippen molar-refractivity contribution in [3.8, 4) is 0 Å². The van der Waals surface area contributed by atoms with E-state index in [1.54, 1.807) is 4.31 Å². The Balaban J connectivity index is 2.49. The van der Waals surface area contributed by atoms with Gasteiger partial charge in [-0.05, 0) is 33.4 Å². The number of piperazine rings is 1. The molecule has 5 nitrogen and oxygen atoms in total. The van der Waals surface area contributed by atoms with E-state index in [4.69, 9.17) is 5.73 Å². The molecule has 6 heteroatoms. The van der Waals surface area contributed by atoms with Gasteiger partial charge in [-0.2, -0.15) is 4.31 Å². The van der Waals surface area contributed by atoms with Crippen molar-refractivity contribution in [2.75, 3.05) is 39.0 Å². The van der Waals surface area contributed by atoms with Crippen molar-refractivity contribution in [3.63, 3.8) is 0 Å². The Hall–Kier alpha value is -0.170. The van der Waals surface area contributed by atoms with Crippen LogP contribution in [0.1, 0.15) is 19.8 Å². The van der Waals surface area contributed by atoms with Gasteiger partial charge in [-0.15, -0.1) is 0 Å². The molecule has 96 valence electrons. The summed E-state index contributed by atoms with van der Waals surface area (Å²) in [5.74, 6) is 0.237. The fourth-order valence-electron chi connectivity index (χ4n) is 1.83. The van der Waals surface area contributed by atoms with Gasteiger partial charge in [0.1, 0.15) is 0 Å². The third kappa shape index (κ3) is 3.69. The molecule has 1 fully saturated rings. The molecule has 0 saturated carbocycles. The average Bonchev–Trinajstić information content (AvgIpc) is 2.22. The molecule has 1 unspecified atom stereocenters. The third-order valence-corrected chi connectivity index (χ3v) is 5.10. The zero-order valence-electron chi connectivity index (χ0n) is 10.2. The molecule has 2 N–H and O–H groups in total. The number of nitrogens with two attached hydrogens (primary N) is 1. The van der Waals surface area contributed by atoms with Gasteiger partial charge < -0.3 is 10.6 Å². The quantitative estimate of drug-likeness (QED) is 0.679. The first-order valence-corrected chi connectivity index (χ1v) is 7.46. The first-order valence-electron chi connectivity index (χ1n) is 5.85. The SMILES string of the molecule is CC1CN(S(=O)(=O)CCCCN)CCN1C. The van der Waals surface area contributed by atoms with Crippen molar-refractivity contribution in [1.82, 2.24) is 9.21 Å². The van der Waals surface area contributed by atoms with E-state index in [0.29, 0.717) is 32.1 Å². The van der Waals surface area contributed by atoms with E-state index in [9.17, 15) is 8.42 Å². The molecule has 0 bridgehead atoms. The maximum Gasteiger partial charge on any atom is 0.214 e. The maximum absolute atomic E-state index is 12.0. The normalized spacial score (nSPS) is 24.8. The van der Waals surface area contributed by atoms with Crippen molar-refractivity contribution in [3.05, 3.63) is 0 Å². The Bertz CT molecular complexity index is 305. The number of sulfonamides is 1. The summed E-state index contributed by atoms with van der Waals surface area (Å²) in [7, 11) is -1.03. The molecule has 0 amide bonds. The first kappa shape index (κ1) is 13.9. The van der Waals surface area contributed by atoms with Crippen LogP contribution < -0.4 is 5.73 Å². The molecule has 0 radical (unpaired) electrons. The van der Waals surface area contributed by atoms with Crippen molar-refractivity contribution in [2.45, 2.75) is 25.8 Å². The minimum absolute atomic E-state index is 0.237. The van der Waals surface area contributed by atoms with Gasteiger partial charge in [0.15, 0.2) is 0 Å². The fourth-order valence-corrected chi connectivity index (χ4v) is 3.46. The molecule has 1 atom stereocenters. The monoisotopic (exact) mass is 249 g/mol. The second-order valence-corrected chi connectivity index (χ2v) is 6.59. The first-order chi connectivity index (χ1) is 7.47. The Labute approximate surface area is 98.6 Å². The Morgan fingerprint density at radius 3 is 2.56 bits per heavy atom. The van der Waals surface area contributed by atoms with Gasteiger partial charge >= 0.3 is 0 Å². The summed E-state index contributed by atoms with van der Waals surface area (Å²) in [4.78, 5) is 2.19. The van der Waals surface area contributed by atoms with Crippen LogP contribution in [0, 0.1) is 0 Å². The molecule has 1 aliphatic heterocycles. The van der Waals surface area contributed by atoms with E-state index >= 15 is 0 Å². The van der Waals surface area contributed by atoms with Gasteiger partial charge in [0.2, 0.25) is 10.0 Å². The smallest absolute Gasteiger partial charge is 0.214 e. The lowest BCUT2D eigenvalue weighted by atomic mass is 10.2. The molecular formula is C10H23N3O2S. The summed E-state index contributed by atoms with van der Waals surface area (Å²) in [6, 6.07) is 0.304. The average molecular weight is 249 g/mol. The Morgan fingerprint density at radius 1 is 1.31 bits per heavy atom. The highest BCUT2D eigenvalue weighted by molar-refractivity contribution is 7.89. The van der Waals surface area contributed by atoms with Gasteiger partial charge in [0.05, 0.1) is 5.75 Å². The Morgan fingerprint density at radius 2 is 2.00 bits per heavy atom. The molecule has 1 saturated heterocycles. The van der Waals surface area contributed by atoms with Crippen LogP contribution >= 0.6 is 0 Å². The van der Waals surface area contributed by atoms with Crippen molar-refractivity contribution in [2.24, 2.45) is 5.73 Å². The van der Waals surface area contributed by atoms with Gasteiger partial charge in [-0.25, -0.2) is 8.42 Å². The lowest BCUT2D eigenvalue weighted by molar-refractivity contribution is 0.159. The minimum Gasteiger partial charge on any atom is -0.330 e. The van der Waals surface area contributed by atoms with Crippen LogP contribution in [-0.4, -0.2) is 62.6 Å². The van der Waals surface area contributed by atoms with Gasteiger partial charge in [-0.1, -0.05) is 0 Å². The molecule has 0 spiro atoms. The van der Waals surface area contributed by atoms with Gasteiger partial charge in [0, 0.05) is 25.7 Å². The van der Waals surface area contributed by atoms with E-state index in [-0.39, 0.29) is 5.75 Å². The van der Waals surface area contributed by atoms with E-state index in [2.05, 4.69) is 11.8 Å². The molecule has 0 aromatic rings. The molecule has 16 heavy (non-hydrogen) atoms. The number of hydrogen-bond acceptors (Lipinski definition) is 4. The lowest BCUT2D eigenvalue weighted by Crippen LogP contribution is -2.52. The molecule has 1 rings (SSSR count). The van der Waals surface area contributed by atoms with Crippen molar-refractivity contribution < 1.29 is 8.42 Å². The Kier molecular flexibility index (Phi) is 5.17. The lowest BCUT2D eigenvalue weighted by Gasteiger charge is -2.36. The van der Waals surface area contributed by atoms with Crippen LogP contribution in [-0.2, 0) is 10.0 Å². The number of hydrogen-bond donors (Lipinski definition) is 1. The zero-order valence-corrected chi connectivity index (χ0v) is 11.0. The van der Waals surface area contributed by atoms with Crippen LogP contribution in [0.2, 0.25) is 0 Å². The second kappa shape index (κ2) is 5.95. The maximum atomic E-state index is 12.0. The summed E-state index contributed by atoms with van der Waals surface area (Å²) in [5.41, 5.74) is 5.36.